The summed E-state index contributed by atoms with van der Waals surface area (Å²) in [6, 6.07) is 22.2. The lowest BCUT2D eigenvalue weighted by Gasteiger charge is -2.25. The van der Waals surface area contributed by atoms with Gasteiger partial charge in [-0.3, -0.25) is 0 Å². The van der Waals surface area contributed by atoms with Crippen molar-refractivity contribution in [1.82, 2.24) is 0 Å². The van der Waals surface area contributed by atoms with Crippen LogP contribution in [0.2, 0.25) is 5.02 Å². The van der Waals surface area contributed by atoms with Gasteiger partial charge in [-0.15, -0.1) is 0 Å². The van der Waals surface area contributed by atoms with Crippen molar-refractivity contribution < 1.29 is 4.74 Å². The summed E-state index contributed by atoms with van der Waals surface area (Å²) in [5.74, 6) is 0.877. The van der Waals surface area contributed by atoms with E-state index < -0.39 is 0 Å². The Labute approximate surface area is 180 Å². The molecule has 1 unspecified atom stereocenters. The van der Waals surface area contributed by atoms with Crippen LogP contribution in [0.15, 0.2) is 76.2 Å². The smallest absolute Gasteiger partial charge is 0.216 e. The van der Waals surface area contributed by atoms with E-state index in [1.807, 2.05) is 62.4 Å². The fourth-order valence-electron chi connectivity index (χ4n) is 3.08. The maximum absolute atomic E-state index is 6.20. The van der Waals surface area contributed by atoms with Crippen LogP contribution >= 0.6 is 27.5 Å². The average Bonchev–Trinajstić information content (AvgIpc) is 2.72. The molecule has 0 spiro atoms. The molecular formula is C24H23BrClNO. The number of halogens is 2. The average molecular weight is 457 g/mol. The standard InChI is InChI=1S/C22H17BrClNO.C2H6/c1-14-7-9-18-20(13-16-12-17(24)8-10-19(16)23)25-22(26-21(18)11-14)15-5-3-2-4-6-15;1-2/h2-12,22H,13H2,1H3;1-2H3. The van der Waals surface area contributed by atoms with E-state index in [9.17, 15) is 0 Å². The minimum Gasteiger partial charge on any atom is -0.464 e. The third-order valence-corrected chi connectivity index (χ3v) is 5.42. The predicted molar refractivity (Wildman–Crippen MR) is 122 cm³/mol. The molecule has 1 atom stereocenters. The van der Waals surface area contributed by atoms with E-state index in [2.05, 4.69) is 41.1 Å². The van der Waals surface area contributed by atoms with Gasteiger partial charge in [0.1, 0.15) is 5.75 Å². The highest BCUT2D eigenvalue weighted by atomic mass is 79.9. The summed E-state index contributed by atoms with van der Waals surface area (Å²) in [7, 11) is 0. The van der Waals surface area contributed by atoms with Crippen molar-refractivity contribution in [3.63, 3.8) is 0 Å². The van der Waals surface area contributed by atoms with Gasteiger partial charge in [0.05, 0.1) is 5.71 Å². The molecule has 3 aromatic carbocycles. The third kappa shape index (κ3) is 4.65. The summed E-state index contributed by atoms with van der Waals surface area (Å²) in [5.41, 5.74) is 5.36. The van der Waals surface area contributed by atoms with E-state index in [0.717, 1.165) is 37.6 Å². The number of benzene rings is 3. The molecule has 0 amide bonds. The summed E-state index contributed by atoms with van der Waals surface area (Å²) in [5, 5.41) is 0.722. The monoisotopic (exact) mass is 455 g/mol. The Morgan fingerprint density at radius 2 is 1.75 bits per heavy atom. The summed E-state index contributed by atoms with van der Waals surface area (Å²) in [6.07, 6.45) is 0.350. The van der Waals surface area contributed by atoms with Gasteiger partial charge in [0.25, 0.3) is 0 Å². The van der Waals surface area contributed by atoms with E-state index >= 15 is 0 Å². The van der Waals surface area contributed by atoms with Crippen LogP contribution in [-0.4, -0.2) is 5.71 Å². The van der Waals surface area contributed by atoms with E-state index in [1.165, 1.54) is 5.56 Å². The third-order valence-electron chi connectivity index (χ3n) is 4.41. The number of aliphatic imine (C=N–C) groups is 1. The zero-order valence-corrected chi connectivity index (χ0v) is 18.6. The molecule has 0 N–H and O–H groups in total. The molecule has 0 saturated heterocycles. The Balaban J connectivity index is 0.00000109. The Bertz CT molecular complexity index is 985. The van der Waals surface area contributed by atoms with Gasteiger partial charge < -0.3 is 4.74 Å². The molecule has 144 valence electrons. The molecular weight excluding hydrogens is 434 g/mol. The van der Waals surface area contributed by atoms with Gasteiger partial charge in [-0.1, -0.05) is 77.8 Å². The first kappa shape index (κ1) is 20.6. The topological polar surface area (TPSA) is 21.6 Å². The van der Waals surface area contributed by atoms with Gasteiger partial charge in [-0.25, -0.2) is 4.99 Å². The van der Waals surface area contributed by atoms with E-state index in [0.29, 0.717) is 6.42 Å². The van der Waals surface area contributed by atoms with Crippen molar-refractivity contribution in [1.29, 1.82) is 0 Å². The molecule has 4 rings (SSSR count). The Morgan fingerprint density at radius 3 is 2.50 bits per heavy atom. The Kier molecular flexibility index (Phi) is 6.93. The lowest BCUT2D eigenvalue weighted by molar-refractivity contribution is 0.210. The number of hydrogen-bond acceptors (Lipinski definition) is 2. The summed E-state index contributed by atoms with van der Waals surface area (Å²) >= 11 is 9.82. The van der Waals surface area contributed by atoms with Crippen molar-refractivity contribution in [2.45, 2.75) is 33.4 Å². The molecule has 0 saturated carbocycles. The summed E-state index contributed by atoms with van der Waals surface area (Å²) < 4.78 is 7.22. The second-order valence-electron chi connectivity index (χ2n) is 6.37. The highest BCUT2D eigenvalue weighted by molar-refractivity contribution is 9.10. The zero-order valence-electron chi connectivity index (χ0n) is 16.2. The molecule has 1 aliphatic rings. The van der Waals surface area contributed by atoms with Gasteiger partial charge in [-0.2, -0.15) is 0 Å². The quantitative estimate of drug-likeness (QED) is 0.398. The number of fused-ring (bicyclic) bond motifs is 1. The number of rotatable bonds is 3. The molecule has 3 aromatic rings. The van der Waals surface area contributed by atoms with E-state index in [4.69, 9.17) is 21.3 Å². The van der Waals surface area contributed by atoms with Crippen LogP contribution in [0.1, 0.15) is 42.3 Å². The Hall–Kier alpha value is -2.10. The molecule has 0 radical (unpaired) electrons. The first-order valence-corrected chi connectivity index (χ1v) is 10.6. The highest BCUT2D eigenvalue weighted by Crippen LogP contribution is 2.34. The van der Waals surface area contributed by atoms with Gasteiger partial charge >= 0.3 is 0 Å². The molecule has 0 aromatic heterocycles. The first-order valence-electron chi connectivity index (χ1n) is 9.43. The van der Waals surface area contributed by atoms with Crippen LogP contribution in [0.5, 0.6) is 5.75 Å². The van der Waals surface area contributed by atoms with Crippen LogP contribution in [0.25, 0.3) is 0 Å². The van der Waals surface area contributed by atoms with Gasteiger partial charge in [0, 0.05) is 27.0 Å². The van der Waals surface area contributed by atoms with Crippen molar-refractivity contribution >= 4 is 33.2 Å². The Morgan fingerprint density at radius 1 is 1.00 bits per heavy atom. The van der Waals surface area contributed by atoms with Crippen LogP contribution in [0, 0.1) is 6.92 Å². The number of nitrogens with zero attached hydrogens (tertiary/aromatic N) is 1. The highest BCUT2D eigenvalue weighted by Gasteiger charge is 2.24. The van der Waals surface area contributed by atoms with Crippen LogP contribution in [0.3, 0.4) is 0 Å². The van der Waals surface area contributed by atoms with E-state index in [-0.39, 0.29) is 6.23 Å². The van der Waals surface area contributed by atoms with Gasteiger partial charge in [-0.05, 0) is 48.4 Å². The van der Waals surface area contributed by atoms with Crippen LogP contribution < -0.4 is 4.74 Å². The van der Waals surface area contributed by atoms with Crippen molar-refractivity contribution in [2.24, 2.45) is 4.99 Å². The van der Waals surface area contributed by atoms with Gasteiger partial charge in [0.2, 0.25) is 6.23 Å². The van der Waals surface area contributed by atoms with Crippen LogP contribution in [0.4, 0.5) is 0 Å². The zero-order chi connectivity index (χ0) is 20.1. The maximum Gasteiger partial charge on any atom is 0.216 e. The lowest BCUT2D eigenvalue weighted by Crippen LogP contribution is -2.19. The molecule has 2 nitrogen and oxygen atoms in total. The second kappa shape index (κ2) is 9.40. The fourth-order valence-corrected chi connectivity index (χ4v) is 3.66. The number of hydrogen-bond donors (Lipinski definition) is 0. The van der Waals surface area contributed by atoms with Gasteiger partial charge in [0.15, 0.2) is 0 Å². The maximum atomic E-state index is 6.20. The minimum atomic E-state index is -0.335. The molecule has 0 bridgehead atoms. The lowest BCUT2D eigenvalue weighted by atomic mass is 9.98. The minimum absolute atomic E-state index is 0.335. The molecule has 0 fully saturated rings. The number of aryl methyl sites for hydroxylation is 1. The first-order chi connectivity index (χ1) is 13.6. The molecule has 1 heterocycles. The van der Waals surface area contributed by atoms with Crippen molar-refractivity contribution in [2.75, 3.05) is 0 Å². The molecule has 4 heteroatoms. The van der Waals surface area contributed by atoms with Crippen molar-refractivity contribution in [3.8, 4) is 5.75 Å². The summed E-state index contributed by atoms with van der Waals surface area (Å²) in [4.78, 5) is 4.92. The number of ether oxygens (including phenoxy) is 1. The normalized spacial score (nSPS) is 14.9. The summed E-state index contributed by atoms with van der Waals surface area (Å²) in [6.45, 7) is 6.07. The van der Waals surface area contributed by atoms with Crippen molar-refractivity contribution in [3.05, 3.63) is 98.5 Å². The molecule has 0 aliphatic carbocycles. The fraction of sp³-hybridized carbons (Fsp3) is 0.208. The SMILES string of the molecule is CC.Cc1ccc2c(c1)OC(c1ccccc1)N=C2Cc1cc(Cl)ccc1Br. The van der Waals surface area contributed by atoms with E-state index in [1.54, 1.807) is 0 Å². The van der Waals surface area contributed by atoms with Crippen LogP contribution in [-0.2, 0) is 6.42 Å². The largest absolute Gasteiger partial charge is 0.464 e. The second-order valence-corrected chi connectivity index (χ2v) is 7.66. The molecule has 1 aliphatic heterocycles. The molecule has 28 heavy (non-hydrogen) atoms. The predicted octanol–water partition coefficient (Wildman–Crippen LogP) is 7.56.